The van der Waals surface area contributed by atoms with Gasteiger partial charge in [-0.2, -0.15) is 0 Å². The van der Waals surface area contributed by atoms with Gasteiger partial charge in [0.05, 0.1) is 17.0 Å². The Morgan fingerprint density at radius 2 is 1.75 bits per heavy atom. The van der Waals surface area contributed by atoms with Crippen molar-refractivity contribution in [2.24, 2.45) is 0 Å². The summed E-state index contributed by atoms with van der Waals surface area (Å²) in [6, 6.07) is 20.9. The Hall–Kier alpha value is -3.95. The number of aromatic hydroxyl groups is 1. The minimum Gasteiger partial charge on any atom is -0.508 e. The highest BCUT2D eigenvalue weighted by molar-refractivity contribution is 8.00. The van der Waals surface area contributed by atoms with Gasteiger partial charge in [-0.1, -0.05) is 77.2 Å². The molecule has 0 spiro atoms. The number of para-hydroxylation sites is 1. The molecule has 36 heavy (non-hydrogen) atoms. The largest absolute Gasteiger partial charge is 0.508 e. The van der Waals surface area contributed by atoms with Crippen molar-refractivity contribution < 1.29 is 14.3 Å². The molecule has 1 aliphatic heterocycles. The molecule has 9 heteroatoms. The quantitative estimate of drug-likeness (QED) is 0.238. The topological polar surface area (TPSA) is 96.5 Å². The molecule has 1 aliphatic rings. The maximum Gasteiger partial charge on any atom is 0.297 e. The van der Waals surface area contributed by atoms with Crippen LogP contribution in [0.2, 0.25) is 0 Å². The van der Waals surface area contributed by atoms with E-state index in [1.54, 1.807) is 36.4 Å². The van der Waals surface area contributed by atoms with Crippen molar-refractivity contribution in [2.75, 3.05) is 4.90 Å². The number of anilines is 1. The molecule has 7 nitrogen and oxygen atoms in total. The fourth-order valence-corrected chi connectivity index (χ4v) is 6.10. The lowest BCUT2D eigenvalue weighted by atomic mass is 9.98. The van der Waals surface area contributed by atoms with Crippen molar-refractivity contribution in [2.45, 2.75) is 23.1 Å². The van der Waals surface area contributed by atoms with Crippen molar-refractivity contribution >= 4 is 45.1 Å². The Balaban J connectivity index is 1.41. The molecule has 178 valence electrons. The van der Waals surface area contributed by atoms with Crippen LogP contribution in [0.25, 0.3) is 11.0 Å². The number of carbonyl (C=O) groups is 1. The number of phenolic OH excluding ortho intramolecular Hbond substituents is 1. The molecule has 1 N–H and O–H groups in total. The van der Waals surface area contributed by atoms with Crippen LogP contribution < -0.4 is 10.3 Å². The lowest BCUT2D eigenvalue weighted by molar-refractivity contribution is 0.0970. The molecule has 5 aromatic rings. The van der Waals surface area contributed by atoms with Crippen LogP contribution >= 0.6 is 23.1 Å². The number of rotatable bonds is 5. The van der Waals surface area contributed by atoms with Crippen molar-refractivity contribution in [1.82, 2.24) is 10.2 Å². The smallest absolute Gasteiger partial charge is 0.297 e. The second kappa shape index (κ2) is 8.92. The Labute approximate surface area is 214 Å². The number of phenols is 1. The molecule has 2 aromatic heterocycles. The van der Waals surface area contributed by atoms with Crippen molar-refractivity contribution in [1.29, 1.82) is 0 Å². The number of benzene rings is 3. The first-order valence-electron chi connectivity index (χ1n) is 11.2. The fraction of sp³-hybridized carbons (Fsp3) is 0.111. The van der Waals surface area contributed by atoms with Gasteiger partial charge < -0.3 is 9.52 Å². The third-order valence-corrected chi connectivity index (χ3v) is 8.20. The van der Waals surface area contributed by atoms with Gasteiger partial charge in [0.1, 0.15) is 11.3 Å². The second-order valence-corrected chi connectivity index (χ2v) is 10.6. The van der Waals surface area contributed by atoms with Gasteiger partial charge in [-0.15, -0.1) is 10.2 Å². The standard InChI is InChI=1S/C27H19N3O4S2/c1-15-6-8-16(9-7-15)14-35-27-29-28-26(36-27)30-22(17-10-12-18(31)13-11-17)21-23(32)19-4-2-3-5-20(19)34-24(21)25(30)33/h2-13,22,31H,14H2,1H3. The Morgan fingerprint density at radius 3 is 2.53 bits per heavy atom. The molecule has 0 saturated carbocycles. The number of hydrogen-bond donors (Lipinski definition) is 1. The first-order valence-corrected chi connectivity index (χ1v) is 13.0. The predicted octanol–water partition coefficient (Wildman–Crippen LogP) is 5.70. The summed E-state index contributed by atoms with van der Waals surface area (Å²) < 4.78 is 6.67. The zero-order valence-corrected chi connectivity index (χ0v) is 20.7. The molecule has 6 rings (SSSR count). The first-order chi connectivity index (χ1) is 17.5. The SMILES string of the molecule is Cc1ccc(CSc2nnc(N3C(=O)c4oc5ccccc5c(=O)c4C3c3ccc(O)cc3)s2)cc1. The first kappa shape index (κ1) is 22.5. The maximum absolute atomic E-state index is 13.6. The third kappa shape index (κ3) is 3.86. The average molecular weight is 514 g/mol. The summed E-state index contributed by atoms with van der Waals surface area (Å²) in [5, 5.41) is 19.2. The number of aromatic nitrogens is 2. The molecule has 0 fully saturated rings. The van der Waals surface area contributed by atoms with Gasteiger partial charge in [0.2, 0.25) is 10.9 Å². The maximum atomic E-state index is 13.6. The van der Waals surface area contributed by atoms with Gasteiger partial charge >= 0.3 is 0 Å². The fourth-order valence-electron chi connectivity index (χ4n) is 4.28. The summed E-state index contributed by atoms with van der Waals surface area (Å²) in [7, 11) is 0. The number of aryl methyl sites for hydroxylation is 1. The van der Waals surface area contributed by atoms with Crippen LogP contribution in [-0.2, 0) is 5.75 Å². The summed E-state index contributed by atoms with van der Waals surface area (Å²) >= 11 is 2.83. The van der Waals surface area contributed by atoms with Crippen LogP contribution in [0.4, 0.5) is 5.13 Å². The summed E-state index contributed by atoms with van der Waals surface area (Å²) in [5.74, 6) is 0.361. The van der Waals surface area contributed by atoms with Gasteiger partial charge in [0.25, 0.3) is 5.91 Å². The number of fused-ring (bicyclic) bond motifs is 2. The van der Waals surface area contributed by atoms with Crippen LogP contribution in [-0.4, -0.2) is 21.2 Å². The van der Waals surface area contributed by atoms with Gasteiger partial charge in [-0.05, 0) is 42.3 Å². The number of hydrogen-bond acceptors (Lipinski definition) is 8. The number of carbonyl (C=O) groups excluding carboxylic acids is 1. The van der Waals surface area contributed by atoms with Crippen molar-refractivity contribution in [3.8, 4) is 5.75 Å². The molecule has 0 saturated heterocycles. The molecular formula is C27H19N3O4S2. The average Bonchev–Trinajstić information content (AvgIpc) is 3.47. The molecular weight excluding hydrogens is 494 g/mol. The second-order valence-electron chi connectivity index (χ2n) is 8.46. The highest BCUT2D eigenvalue weighted by Crippen LogP contribution is 2.43. The van der Waals surface area contributed by atoms with Gasteiger partial charge in [-0.3, -0.25) is 14.5 Å². The van der Waals surface area contributed by atoms with E-state index in [-0.39, 0.29) is 22.5 Å². The lowest BCUT2D eigenvalue weighted by Crippen LogP contribution is -2.29. The van der Waals surface area contributed by atoms with E-state index >= 15 is 0 Å². The molecule has 1 atom stereocenters. The van der Waals surface area contributed by atoms with Gasteiger partial charge in [-0.25, -0.2) is 0 Å². The van der Waals surface area contributed by atoms with Crippen molar-refractivity contribution in [3.63, 3.8) is 0 Å². The summed E-state index contributed by atoms with van der Waals surface area (Å²) in [6.07, 6.45) is 0. The lowest BCUT2D eigenvalue weighted by Gasteiger charge is -2.22. The normalized spacial score (nSPS) is 15.0. The van der Waals surface area contributed by atoms with E-state index < -0.39 is 11.9 Å². The van der Waals surface area contributed by atoms with E-state index in [1.165, 1.54) is 45.7 Å². The highest BCUT2D eigenvalue weighted by atomic mass is 32.2. The molecule has 3 heterocycles. The summed E-state index contributed by atoms with van der Waals surface area (Å²) in [6.45, 7) is 2.05. The third-order valence-electron chi connectivity index (χ3n) is 6.07. The monoisotopic (exact) mass is 513 g/mol. The predicted molar refractivity (Wildman–Crippen MR) is 140 cm³/mol. The number of nitrogens with zero attached hydrogens (tertiary/aromatic N) is 3. The van der Waals surface area contributed by atoms with Crippen LogP contribution in [0.15, 0.2) is 86.3 Å². The van der Waals surface area contributed by atoms with Gasteiger partial charge in [0, 0.05) is 5.75 Å². The Morgan fingerprint density at radius 1 is 1.00 bits per heavy atom. The summed E-state index contributed by atoms with van der Waals surface area (Å²) in [4.78, 5) is 28.7. The van der Waals surface area contributed by atoms with Crippen LogP contribution in [0, 0.1) is 6.92 Å². The molecule has 1 amide bonds. The molecule has 0 radical (unpaired) electrons. The number of thioether (sulfide) groups is 1. The van der Waals surface area contributed by atoms with E-state index in [9.17, 15) is 14.7 Å². The van der Waals surface area contributed by atoms with E-state index in [0.717, 1.165) is 11.3 Å². The van der Waals surface area contributed by atoms with Gasteiger partial charge in [0.15, 0.2) is 9.77 Å². The summed E-state index contributed by atoms with van der Waals surface area (Å²) in [5.41, 5.74) is 3.37. The Kier molecular flexibility index (Phi) is 5.58. The zero-order chi connectivity index (χ0) is 24.8. The van der Waals surface area contributed by atoms with E-state index in [2.05, 4.69) is 34.5 Å². The molecule has 0 bridgehead atoms. The minimum absolute atomic E-state index is 0.000772. The zero-order valence-electron chi connectivity index (χ0n) is 19.0. The van der Waals surface area contributed by atoms with Crippen LogP contribution in [0.5, 0.6) is 5.75 Å². The van der Waals surface area contributed by atoms with Crippen LogP contribution in [0.1, 0.15) is 38.9 Å². The van der Waals surface area contributed by atoms with Crippen LogP contribution in [0.3, 0.4) is 0 Å². The van der Waals surface area contributed by atoms with E-state index in [0.29, 0.717) is 26.0 Å². The van der Waals surface area contributed by atoms with Crippen molar-refractivity contribution in [3.05, 3.63) is 111 Å². The van der Waals surface area contributed by atoms with E-state index in [4.69, 9.17) is 4.42 Å². The molecule has 3 aromatic carbocycles. The minimum atomic E-state index is -0.753. The molecule has 0 aliphatic carbocycles. The number of amides is 1. The molecule has 1 unspecified atom stereocenters. The Bertz CT molecular complexity index is 1660. The highest BCUT2D eigenvalue weighted by Gasteiger charge is 2.45. The van der Waals surface area contributed by atoms with E-state index in [1.807, 2.05) is 6.92 Å².